The molecule has 3 rings (SSSR count). The van der Waals surface area contributed by atoms with Crippen molar-refractivity contribution in [2.75, 3.05) is 7.11 Å². The van der Waals surface area contributed by atoms with Gasteiger partial charge in [-0.15, -0.1) is 0 Å². The maximum absolute atomic E-state index is 13.3. The van der Waals surface area contributed by atoms with Crippen LogP contribution in [-0.2, 0) is 6.18 Å². The molecule has 1 aliphatic rings. The number of hydrogen-bond acceptors (Lipinski definition) is 6. The van der Waals surface area contributed by atoms with E-state index >= 15 is 0 Å². The van der Waals surface area contributed by atoms with Crippen molar-refractivity contribution >= 4 is 28.9 Å². The van der Waals surface area contributed by atoms with E-state index < -0.39 is 17.5 Å². The first-order valence-electron chi connectivity index (χ1n) is 7.98. The van der Waals surface area contributed by atoms with Gasteiger partial charge >= 0.3 is 6.18 Å². The molecule has 29 heavy (non-hydrogen) atoms. The van der Waals surface area contributed by atoms with Crippen molar-refractivity contribution in [3.8, 4) is 23.3 Å². The number of benzene rings is 2. The van der Waals surface area contributed by atoms with E-state index in [-0.39, 0.29) is 28.1 Å². The fourth-order valence-corrected chi connectivity index (χ4v) is 3.18. The molecule has 1 fully saturated rings. The van der Waals surface area contributed by atoms with E-state index in [4.69, 9.17) is 20.1 Å². The Morgan fingerprint density at radius 3 is 2.48 bits per heavy atom. The Morgan fingerprint density at radius 1 is 1.17 bits per heavy atom. The minimum absolute atomic E-state index is 0.0354. The molecule has 0 aromatic heterocycles. The predicted molar refractivity (Wildman–Crippen MR) is 101 cm³/mol. The van der Waals surface area contributed by atoms with Crippen LogP contribution in [0.5, 0.6) is 17.2 Å². The van der Waals surface area contributed by atoms with Crippen LogP contribution in [0.25, 0.3) is 6.08 Å². The number of halogens is 3. The third kappa shape index (κ3) is 4.52. The Bertz CT molecular complexity index is 1070. The molecule has 0 bridgehead atoms. The van der Waals surface area contributed by atoms with Crippen LogP contribution in [0, 0.1) is 16.7 Å². The van der Waals surface area contributed by atoms with Crippen molar-refractivity contribution in [1.82, 2.24) is 5.32 Å². The van der Waals surface area contributed by atoms with Gasteiger partial charge in [-0.25, -0.2) is 0 Å². The smallest absolute Gasteiger partial charge is 0.420 e. The lowest BCUT2D eigenvalue weighted by atomic mass is 10.1. The summed E-state index contributed by atoms with van der Waals surface area (Å²) in [6.45, 7) is 0. The summed E-state index contributed by atoms with van der Waals surface area (Å²) in [5.41, 5.74) is -0.655. The number of carbonyl (C=O) groups is 1. The normalized spacial score (nSPS) is 15.2. The van der Waals surface area contributed by atoms with E-state index in [9.17, 15) is 18.0 Å². The van der Waals surface area contributed by atoms with Crippen molar-refractivity contribution in [2.24, 2.45) is 0 Å². The number of carbonyl (C=O) groups excluding carboxylic acids is 1. The number of amidine groups is 1. The molecule has 0 unspecified atom stereocenters. The summed E-state index contributed by atoms with van der Waals surface area (Å²) in [6.07, 6.45) is -3.14. The molecule has 1 amide bonds. The quantitative estimate of drug-likeness (QED) is 0.714. The van der Waals surface area contributed by atoms with Crippen LogP contribution in [-0.4, -0.2) is 18.2 Å². The van der Waals surface area contributed by atoms with E-state index in [0.717, 1.165) is 17.8 Å². The Hall–Kier alpha value is -3.45. The van der Waals surface area contributed by atoms with Gasteiger partial charge in [-0.2, -0.15) is 18.4 Å². The summed E-state index contributed by atoms with van der Waals surface area (Å²) < 4.78 is 50.6. The molecule has 2 aromatic rings. The number of alkyl halides is 3. The van der Waals surface area contributed by atoms with E-state index in [1.807, 2.05) is 0 Å². The zero-order valence-corrected chi connectivity index (χ0v) is 15.6. The van der Waals surface area contributed by atoms with E-state index in [1.54, 1.807) is 18.2 Å². The summed E-state index contributed by atoms with van der Waals surface area (Å²) in [4.78, 5) is 11.7. The first-order chi connectivity index (χ1) is 13.7. The number of nitriles is 1. The lowest BCUT2D eigenvalue weighted by molar-refractivity contribution is -0.138. The number of nitrogens with one attached hydrogen (secondary N) is 2. The maximum Gasteiger partial charge on any atom is 0.420 e. The maximum atomic E-state index is 13.3. The van der Waals surface area contributed by atoms with E-state index in [1.165, 1.54) is 25.3 Å². The van der Waals surface area contributed by atoms with Crippen molar-refractivity contribution in [1.29, 1.82) is 10.7 Å². The molecule has 10 heteroatoms. The highest BCUT2D eigenvalue weighted by Gasteiger charge is 2.35. The largest absolute Gasteiger partial charge is 0.493 e. The highest BCUT2D eigenvalue weighted by atomic mass is 32.2. The first-order valence-corrected chi connectivity index (χ1v) is 8.79. The molecule has 0 spiro atoms. The molecule has 1 saturated heterocycles. The molecule has 6 nitrogen and oxygen atoms in total. The second-order valence-electron chi connectivity index (χ2n) is 5.73. The molecule has 2 N–H and O–H groups in total. The van der Waals surface area contributed by atoms with Gasteiger partial charge in [0.25, 0.3) is 5.24 Å². The topological polar surface area (TPSA) is 95.2 Å². The summed E-state index contributed by atoms with van der Waals surface area (Å²) in [5.74, 6) is -0.311. The van der Waals surface area contributed by atoms with Gasteiger partial charge in [0.15, 0.2) is 11.5 Å². The van der Waals surface area contributed by atoms with Gasteiger partial charge in [-0.3, -0.25) is 10.2 Å². The SMILES string of the molecule is COc1cc(C=C2SC(=O)NC2=N)ccc1Oc1ccc(C#N)cc1C(F)(F)F. The lowest BCUT2D eigenvalue weighted by Crippen LogP contribution is -2.17. The summed E-state index contributed by atoms with van der Waals surface area (Å²) in [6, 6.07) is 9.16. The molecule has 1 aliphatic heterocycles. The molecule has 0 saturated carbocycles. The Morgan fingerprint density at radius 2 is 1.90 bits per heavy atom. The second kappa shape index (κ2) is 7.89. The van der Waals surface area contributed by atoms with Crippen LogP contribution in [0.4, 0.5) is 18.0 Å². The number of ether oxygens (including phenoxy) is 2. The van der Waals surface area contributed by atoms with E-state index in [0.29, 0.717) is 16.5 Å². The fraction of sp³-hybridized carbons (Fsp3) is 0.105. The standard InChI is InChI=1S/C19H12F3N3O3S/c1-27-15-7-10(8-16-17(24)25-18(26)29-16)2-5-14(15)28-13-4-3-11(9-23)6-12(13)19(20,21)22/h2-8H,1H3,(H2,24,25,26). The van der Waals surface area contributed by atoms with Crippen LogP contribution in [0.15, 0.2) is 41.3 Å². The van der Waals surface area contributed by atoms with Gasteiger partial charge in [0, 0.05) is 0 Å². The highest BCUT2D eigenvalue weighted by Crippen LogP contribution is 2.41. The number of rotatable bonds is 4. The van der Waals surface area contributed by atoms with Gasteiger partial charge in [0.1, 0.15) is 11.6 Å². The minimum atomic E-state index is -4.71. The average molecular weight is 419 g/mol. The Balaban J connectivity index is 1.95. The van der Waals surface area contributed by atoms with Crippen molar-refractivity contribution in [3.63, 3.8) is 0 Å². The zero-order valence-electron chi connectivity index (χ0n) is 14.8. The van der Waals surface area contributed by atoms with E-state index in [2.05, 4.69) is 5.32 Å². The van der Waals surface area contributed by atoms with Crippen LogP contribution in [0.2, 0.25) is 0 Å². The molecule has 0 aliphatic carbocycles. The number of hydrogen-bond donors (Lipinski definition) is 2. The molecule has 0 atom stereocenters. The zero-order chi connectivity index (χ0) is 21.2. The van der Waals surface area contributed by atoms with Gasteiger partial charge in [-0.1, -0.05) is 6.07 Å². The third-order valence-electron chi connectivity index (χ3n) is 3.80. The second-order valence-corrected chi connectivity index (χ2v) is 6.75. The number of methoxy groups -OCH3 is 1. The van der Waals surface area contributed by atoms with Crippen LogP contribution < -0.4 is 14.8 Å². The molecule has 148 valence electrons. The average Bonchev–Trinajstić information content (AvgIpc) is 2.99. The summed E-state index contributed by atoms with van der Waals surface area (Å²) in [7, 11) is 1.33. The number of nitrogens with zero attached hydrogens (tertiary/aromatic N) is 1. The summed E-state index contributed by atoms with van der Waals surface area (Å²) in [5, 5.41) is 18.5. The molecular weight excluding hydrogens is 407 g/mol. The van der Waals surface area contributed by atoms with Crippen molar-refractivity contribution in [2.45, 2.75) is 6.18 Å². The summed E-state index contributed by atoms with van der Waals surface area (Å²) >= 11 is 0.860. The molecular formula is C19H12F3N3O3S. The minimum Gasteiger partial charge on any atom is -0.493 e. The number of thioether (sulfide) groups is 1. The molecule has 0 radical (unpaired) electrons. The Labute approximate surface area is 167 Å². The van der Waals surface area contributed by atoms with Gasteiger partial charge in [0.05, 0.1) is 29.2 Å². The first kappa shape index (κ1) is 20.3. The predicted octanol–water partition coefficient (Wildman–Crippen LogP) is 5.15. The molecule has 2 aromatic carbocycles. The van der Waals surface area contributed by atoms with Gasteiger partial charge in [0.2, 0.25) is 0 Å². The number of amides is 1. The van der Waals surface area contributed by atoms with Gasteiger partial charge < -0.3 is 14.8 Å². The monoisotopic (exact) mass is 419 g/mol. The van der Waals surface area contributed by atoms with Crippen molar-refractivity contribution in [3.05, 3.63) is 58.0 Å². The van der Waals surface area contributed by atoms with Crippen LogP contribution in [0.1, 0.15) is 16.7 Å². The van der Waals surface area contributed by atoms with Crippen LogP contribution in [0.3, 0.4) is 0 Å². The Kier molecular flexibility index (Phi) is 5.52. The lowest BCUT2D eigenvalue weighted by Gasteiger charge is -2.16. The van der Waals surface area contributed by atoms with Crippen LogP contribution >= 0.6 is 11.8 Å². The molecule has 1 heterocycles. The third-order valence-corrected chi connectivity index (χ3v) is 4.62. The highest BCUT2D eigenvalue weighted by molar-refractivity contribution is 8.18. The van der Waals surface area contributed by atoms with Crippen molar-refractivity contribution < 1.29 is 27.4 Å². The fourth-order valence-electron chi connectivity index (χ4n) is 2.48. The van der Waals surface area contributed by atoms with Gasteiger partial charge in [-0.05, 0) is 53.7 Å².